The molecular formula is C16H21F3N2O3. The summed E-state index contributed by atoms with van der Waals surface area (Å²) in [6, 6.07) is 5.14. The second-order valence-electron chi connectivity index (χ2n) is 5.79. The van der Waals surface area contributed by atoms with Crippen molar-refractivity contribution in [1.82, 2.24) is 9.80 Å². The molecule has 0 radical (unpaired) electrons. The fraction of sp³-hybridized carbons (Fsp3) is 0.562. The van der Waals surface area contributed by atoms with Gasteiger partial charge >= 0.3 is 6.36 Å². The number of likely N-dealkylation sites (tertiary alicyclic amines) is 1. The van der Waals surface area contributed by atoms with E-state index >= 15 is 0 Å². The summed E-state index contributed by atoms with van der Waals surface area (Å²) in [6.07, 6.45) is -2.90. The SMILES string of the molecule is CN(C)C(=O)C1CCCN1CCOc1ccc(OC(F)(F)F)cc1. The third kappa shape index (κ3) is 5.30. The summed E-state index contributed by atoms with van der Waals surface area (Å²) >= 11 is 0. The molecule has 0 N–H and O–H groups in total. The molecule has 5 nitrogen and oxygen atoms in total. The number of likely N-dealkylation sites (N-methyl/N-ethyl adjacent to an activating group) is 1. The minimum Gasteiger partial charge on any atom is -0.492 e. The van der Waals surface area contributed by atoms with Gasteiger partial charge in [0.05, 0.1) is 6.04 Å². The van der Waals surface area contributed by atoms with Gasteiger partial charge in [0.2, 0.25) is 5.91 Å². The van der Waals surface area contributed by atoms with Crippen LogP contribution in [0.15, 0.2) is 24.3 Å². The zero-order valence-electron chi connectivity index (χ0n) is 13.7. The van der Waals surface area contributed by atoms with Crippen molar-refractivity contribution < 1.29 is 27.4 Å². The quantitative estimate of drug-likeness (QED) is 0.794. The van der Waals surface area contributed by atoms with E-state index in [1.807, 2.05) is 0 Å². The Hall–Kier alpha value is -1.96. The Kier molecular flexibility index (Phi) is 5.93. The number of halogens is 3. The molecule has 8 heteroatoms. The summed E-state index contributed by atoms with van der Waals surface area (Å²) in [6.45, 7) is 1.79. The van der Waals surface area contributed by atoms with Crippen molar-refractivity contribution in [2.24, 2.45) is 0 Å². The average Bonchev–Trinajstić information content (AvgIpc) is 2.95. The van der Waals surface area contributed by atoms with Gasteiger partial charge in [0.25, 0.3) is 0 Å². The van der Waals surface area contributed by atoms with Crippen LogP contribution >= 0.6 is 0 Å². The molecule has 0 aliphatic carbocycles. The van der Waals surface area contributed by atoms with Crippen molar-refractivity contribution in [1.29, 1.82) is 0 Å². The van der Waals surface area contributed by atoms with E-state index in [9.17, 15) is 18.0 Å². The minimum atomic E-state index is -4.70. The number of ether oxygens (including phenoxy) is 2. The lowest BCUT2D eigenvalue weighted by molar-refractivity contribution is -0.274. The van der Waals surface area contributed by atoms with Crippen LogP contribution in [0, 0.1) is 0 Å². The molecule has 1 heterocycles. The first-order valence-electron chi connectivity index (χ1n) is 7.70. The normalized spacial score (nSPS) is 18.5. The summed E-state index contributed by atoms with van der Waals surface area (Å²) in [5.41, 5.74) is 0. The number of alkyl halides is 3. The van der Waals surface area contributed by atoms with E-state index in [1.54, 1.807) is 19.0 Å². The second kappa shape index (κ2) is 7.74. The van der Waals surface area contributed by atoms with Crippen LogP contribution in [-0.4, -0.2) is 61.9 Å². The Bertz CT molecular complexity index is 546. The molecule has 134 valence electrons. The molecule has 1 fully saturated rings. The molecular weight excluding hydrogens is 325 g/mol. The molecule has 0 spiro atoms. The predicted octanol–water partition coefficient (Wildman–Crippen LogP) is 2.52. The van der Waals surface area contributed by atoms with Crippen LogP contribution in [0.1, 0.15) is 12.8 Å². The summed E-state index contributed by atoms with van der Waals surface area (Å²) in [5.74, 6) is 0.256. The van der Waals surface area contributed by atoms with Gasteiger partial charge in [-0.2, -0.15) is 0 Å². The van der Waals surface area contributed by atoms with Crippen molar-refractivity contribution in [3.63, 3.8) is 0 Å². The van der Waals surface area contributed by atoms with Gasteiger partial charge in [-0.25, -0.2) is 0 Å². The highest BCUT2D eigenvalue weighted by molar-refractivity contribution is 5.81. The van der Waals surface area contributed by atoms with Crippen LogP contribution in [0.2, 0.25) is 0 Å². The third-order valence-corrected chi connectivity index (χ3v) is 3.79. The second-order valence-corrected chi connectivity index (χ2v) is 5.79. The maximum absolute atomic E-state index is 12.1. The van der Waals surface area contributed by atoms with Crippen LogP contribution in [0.25, 0.3) is 0 Å². The number of carbonyl (C=O) groups is 1. The monoisotopic (exact) mass is 346 g/mol. The maximum Gasteiger partial charge on any atom is 0.573 e. The van der Waals surface area contributed by atoms with E-state index < -0.39 is 6.36 Å². The van der Waals surface area contributed by atoms with Gasteiger partial charge in [-0.3, -0.25) is 9.69 Å². The fourth-order valence-electron chi connectivity index (χ4n) is 2.69. The third-order valence-electron chi connectivity index (χ3n) is 3.79. The summed E-state index contributed by atoms with van der Waals surface area (Å²) < 4.78 is 45.6. The Morgan fingerprint density at radius 2 is 1.88 bits per heavy atom. The standard InChI is InChI=1S/C16H21F3N2O3/c1-20(2)15(22)14-4-3-9-21(14)10-11-23-12-5-7-13(8-6-12)24-16(17,18)19/h5-8,14H,3-4,9-11H2,1-2H3. The lowest BCUT2D eigenvalue weighted by atomic mass is 10.2. The van der Waals surface area contributed by atoms with Crippen LogP contribution in [0.4, 0.5) is 13.2 Å². The number of carbonyl (C=O) groups excluding carboxylic acids is 1. The highest BCUT2D eigenvalue weighted by Crippen LogP contribution is 2.25. The molecule has 1 saturated heterocycles. The lowest BCUT2D eigenvalue weighted by Crippen LogP contribution is -2.44. The molecule has 1 aliphatic heterocycles. The topological polar surface area (TPSA) is 42.0 Å². The van der Waals surface area contributed by atoms with Crippen LogP contribution < -0.4 is 9.47 Å². The molecule has 0 saturated carbocycles. The van der Waals surface area contributed by atoms with E-state index in [-0.39, 0.29) is 17.7 Å². The fourth-order valence-corrected chi connectivity index (χ4v) is 2.69. The average molecular weight is 346 g/mol. The molecule has 1 unspecified atom stereocenters. The molecule has 1 aromatic rings. The summed E-state index contributed by atoms with van der Waals surface area (Å²) in [4.78, 5) is 15.7. The van der Waals surface area contributed by atoms with Gasteiger partial charge < -0.3 is 14.4 Å². The van der Waals surface area contributed by atoms with E-state index in [0.29, 0.717) is 18.9 Å². The number of hydrogen-bond donors (Lipinski definition) is 0. The van der Waals surface area contributed by atoms with Gasteiger partial charge in [0.15, 0.2) is 0 Å². The number of amides is 1. The lowest BCUT2D eigenvalue weighted by Gasteiger charge is -2.25. The van der Waals surface area contributed by atoms with Crippen LogP contribution in [0.5, 0.6) is 11.5 Å². The largest absolute Gasteiger partial charge is 0.573 e. The Labute approximate surface area is 138 Å². The molecule has 1 amide bonds. The van der Waals surface area contributed by atoms with Crippen LogP contribution in [-0.2, 0) is 4.79 Å². The van der Waals surface area contributed by atoms with E-state index in [4.69, 9.17) is 4.74 Å². The molecule has 24 heavy (non-hydrogen) atoms. The predicted molar refractivity (Wildman–Crippen MR) is 81.9 cm³/mol. The molecule has 0 aromatic heterocycles. The van der Waals surface area contributed by atoms with Crippen molar-refractivity contribution >= 4 is 5.91 Å². The highest BCUT2D eigenvalue weighted by atomic mass is 19.4. The molecule has 1 atom stereocenters. The van der Waals surface area contributed by atoms with Crippen LogP contribution in [0.3, 0.4) is 0 Å². The number of hydrogen-bond acceptors (Lipinski definition) is 4. The van der Waals surface area contributed by atoms with Crippen molar-refractivity contribution in [3.8, 4) is 11.5 Å². The van der Waals surface area contributed by atoms with E-state index in [0.717, 1.165) is 19.4 Å². The first kappa shape index (κ1) is 18.4. The van der Waals surface area contributed by atoms with E-state index in [1.165, 1.54) is 24.3 Å². The van der Waals surface area contributed by atoms with Gasteiger partial charge in [-0.05, 0) is 43.7 Å². The van der Waals surface area contributed by atoms with Crippen molar-refractivity contribution in [2.45, 2.75) is 25.2 Å². The summed E-state index contributed by atoms with van der Waals surface area (Å²) in [7, 11) is 3.47. The zero-order chi connectivity index (χ0) is 17.7. The maximum atomic E-state index is 12.1. The van der Waals surface area contributed by atoms with E-state index in [2.05, 4.69) is 9.64 Å². The molecule has 1 aliphatic rings. The van der Waals surface area contributed by atoms with Gasteiger partial charge in [-0.15, -0.1) is 13.2 Å². The number of rotatable bonds is 6. The smallest absolute Gasteiger partial charge is 0.492 e. The van der Waals surface area contributed by atoms with Gasteiger partial charge in [-0.1, -0.05) is 0 Å². The molecule has 1 aromatic carbocycles. The Balaban J connectivity index is 1.80. The number of nitrogens with zero attached hydrogens (tertiary/aromatic N) is 2. The summed E-state index contributed by atoms with van der Waals surface area (Å²) in [5, 5.41) is 0. The Morgan fingerprint density at radius 3 is 2.46 bits per heavy atom. The highest BCUT2D eigenvalue weighted by Gasteiger charge is 2.32. The van der Waals surface area contributed by atoms with Gasteiger partial charge in [0, 0.05) is 20.6 Å². The van der Waals surface area contributed by atoms with Gasteiger partial charge in [0.1, 0.15) is 18.1 Å². The Morgan fingerprint density at radius 1 is 1.25 bits per heavy atom. The molecule has 2 rings (SSSR count). The first-order valence-corrected chi connectivity index (χ1v) is 7.70. The molecule has 0 bridgehead atoms. The number of benzene rings is 1. The zero-order valence-corrected chi connectivity index (χ0v) is 13.7. The van der Waals surface area contributed by atoms with Crippen molar-refractivity contribution in [2.75, 3.05) is 33.8 Å². The van der Waals surface area contributed by atoms with Crippen molar-refractivity contribution in [3.05, 3.63) is 24.3 Å². The first-order chi connectivity index (χ1) is 11.3. The minimum absolute atomic E-state index is 0.0844.